The van der Waals surface area contributed by atoms with Gasteiger partial charge in [0, 0.05) is 5.54 Å². The molecular formula is C15H20N4O. The number of aromatic nitrogens is 3. The number of nitrogens with zero attached hydrogens (tertiary/aromatic N) is 3. The zero-order valence-corrected chi connectivity index (χ0v) is 12.6. The lowest BCUT2D eigenvalue weighted by Crippen LogP contribution is -2.41. The van der Waals surface area contributed by atoms with E-state index in [1.165, 1.54) is 5.56 Å². The Hall–Kier alpha value is -2.17. The smallest absolute Gasteiger partial charge is 0.274 e. The first-order chi connectivity index (χ1) is 9.28. The van der Waals surface area contributed by atoms with E-state index in [-0.39, 0.29) is 11.4 Å². The second-order valence-corrected chi connectivity index (χ2v) is 5.97. The highest BCUT2D eigenvalue weighted by molar-refractivity contribution is 5.93. The molecule has 0 aliphatic carbocycles. The molecule has 0 bridgehead atoms. The van der Waals surface area contributed by atoms with Crippen LogP contribution in [0.4, 0.5) is 0 Å². The first kappa shape index (κ1) is 14.2. The Balaban J connectivity index is 2.32. The number of aryl methyl sites for hydroxylation is 1. The van der Waals surface area contributed by atoms with E-state index in [1.54, 1.807) is 4.68 Å². The van der Waals surface area contributed by atoms with E-state index in [0.717, 1.165) is 11.4 Å². The standard InChI is InChI=1S/C15H20N4O/c1-10-6-8-12(9-7-10)19-11(2)13(17-18-19)14(20)16-15(3,4)5/h6-9H,1-5H3,(H,16,20). The molecule has 1 heterocycles. The second kappa shape index (κ2) is 5.07. The van der Waals surface area contributed by atoms with Gasteiger partial charge in [-0.25, -0.2) is 4.68 Å². The molecule has 1 amide bonds. The van der Waals surface area contributed by atoms with Gasteiger partial charge in [0.15, 0.2) is 5.69 Å². The molecule has 0 radical (unpaired) electrons. The summed E-state index contributed by atoms with van der Waals surface area (Å²) in [6.07, 6.45) is 0. The monoisotopic (exact) mass is 272 g/mol. The number of nitrogens with one attached hydrogen (secondary N) is 1. The third-order valence-electron chi connectivity index (χ3n) is 2.88. The summed E-state index contributed by atoms with van der Waals surface area (Å²) in [5.74, 6) is -0.201. The van der Waals surface area contributed by atoms with Gasteiger partial charge in [0.2, 0.25) is 0 Å². The van der Waals surface area contributed by atoms with E-state index < -0.39 is 0 Å². The molecule has 20 heavy (non-hydrogen) atoms. The van der Waals surface area contributed by atoms with Crippen LogP contribution in [0.5, 0.6) is 0 Å². The van der Waals surface area contributed by atoms with Crippen LogP contribution >= 0.6 is 0 Å². The molecule has 106 valence electrons. The lowest BCUT2D eigenvalue weighted by molar-refractivity contribution is 0.0913. The van der Waals surface area contributed by atoms with Crippen molar-refractivity contribution in [2.75, 3.05) is 0 Å². The molecule has 1 aromatic heterocycles. The van der Waals surface area contributed by atoms with E-state index in [0.29, 0.717) is 5.69 Å². The van der Waals surface area contributed by atoms with Crippen molar-refractivity contribution in [2.24, 2.45) is 0 Å². The highest BCUT2D eigenvalue weighted by atomic mass is 16.2. The van der Waals surface area contributed by atoms with E-state index in [4.69, 9.17) is 0 Å². The average molecular weight is 272 g/mol. The lowest BCUT2D eigenvalue weighted by atomic mass is 10.1. The summed E-state index contributed by atoms with van der Waals surface area (Å²) in [6.45, 7) is 9.68. The Morgan fingerprint density at radius 2 is 1.75 bits per heavy atom. The second-order valence-electron chi connectivity index (χ2n) is 5.97. The van der Waals surface area contributed by atoms with Gasteiger partial charge < -0.3 is 5.32 Å². The van der Waals surface area contributed by atoms with Gasteiger partial charge in [-0.1, -0.05) is 22.9 Å². The zero-order chi connectivity index (χ0) is 14.9. The van der Waals surface area contributed by atoms with Gasteiger partial charge >= 0.3 is 0 Å². The Morgan fingerprint density at radius 1 is 1.15 bits per heavy atom. The van der Waals surface area contributed by atoms with Gasteiger partial charge in [-0.15, -0.1) is 5.10 Å². The molecule has 0 aliphatic rings. The van der Waals surface area contributed by atoms with Crippen LogP contribution < -0.4 is 5.32 Å². The van der Waals surface area contributed by atoms with Gasteiger partial charge in [-0.05, 0) is 46.8 Å². The van der Waals surface area contributed by atoms with Gasteiger partial charge in [0.1, 0.15) is 0 Å². The highest BCUT2D eigenvalue weighted by Gasteiger charge is 2.21. The summed E-state index contributed by atoms with van der Waals surface area (Å²) in [5.41, 5.74) is 2.88. The third kappa shape index (κ3) is 3.04. The SMILES string of the molecule is Cc1ccc(-n2nnc(C(=O)NC(C)(C)C)c2C)cc1. The third-order valence-corrected chi connectivity index (χ3v) is 2.88. The van der Waals surface area contributed by atoms with Crippen molar-refractivity contribution in [3.8, 4) is 5.69 Å². The van der Waals surface area contributed by atoms with Crippen molar-refractivity contribution in [2.45, 2.75) is 40.2 Å². The van der Waals surface area contributed by atoms with Crippen molar-refractivity contribution in [3.63, 3.8) is 0 Å². The molecular weight excluding hydrogens is 252 g/mol. The van der Waals surface area contributed by atoms with Crippen molar-refractivity contribution >= 4 is 5.91 Å². The molecule has 0 unspecified atom stereocenters. The van der Waals surface area contributed by atoms with E-state index >= 15 is 0 Å². The maximum absolute atomic E-state index is 12.2. The fourth-order valence-corrected chi connectivity index (χ4v) is 1.87. The number of rotatable bonds is 2. The van der Waals surface area contributed by atoms with Crippen molar-refractivity contribution < 1.29 is 4.79 Å². The molecule has 5 nitrogen and oxygen atoms in total. The molecule has 5 heteroatoms. The molecule has 2 aromatic rings. The van der Waals surface area contributed by atoms with Crippen LogP contribution in [0.15, 0.2) is 24.3 Å². The molecule has 0 spiro atoms. The number of hydrogen-bond acceptors (Lipinski definition) is 3. The van der Waals surface area contributed by atoms with Gasteiger partial charge in [0.25, 0.3) is 5.91 Å². The summed E-state index contributed by atoms with van der Waals surface area (Å²) in [5, 5.41) is 11.0. The largest absolute Gasteiger partial charge is 0.346 e. The summed E-state index contributed by atoms with van der Waals surface area (Å²) in [4.78, 5) is 12.2. The number of benzene rings is 1. The van der Waals surface area contributed by atoms with Gasteiger partial charge in [-0.3, -0.25) is 4.79 Å². The zero-order valence-electron chi connectivity index (χ0n) is 12.6. The number of carbonyl (C=O) groups excluding carboxylic acids is 1. The van der Waals surface area contributed by atoms with E-state index in [2.05, 4.69) is 15.6 Å². The Kier molecular flexibility index (Phi) is 3.61. The topological polar surface area (TPSA) is 59.8 Å². The molecule has 0 fully saturated rings. The van der Waals surface area contributed by atoms with Gasteiger partial charge in [-0.2, -0.15) is 0 Å². The molecule has 0 atom stereocenters. The fraction of sp³-hybridized carbons (Fsp3) is 0.400. The molecule has 1 aromatic carbocycles. The number of amides is 1. The molecule has 0 aliphatic heterocycles. The molecule has 1 N–H and O–H groups in total. The summed E-state index contributed by atoms with van der Waals surface area (Å²) < 4.78 is 1.68. The van der Waals surface area contributed by atoms with Crippen LogP contribution in [0.2, 0.25) is 0 Å². The summed E-state index contributed by atoms with van der Waals surface area (Å²) in [6, 6.07) is 7.93. The number of carbonyl (C=O) groups is 1. The minimum Gasteiger partial charge on any atom is -0.346 e. The minimum atomic E-state index is -0.294. The normalized spacial score (nSPS) is 11.4. The Labute approximate surface area is 119 Å². The van der Waals surface area contributed by atoms with Crippen molar-refractivity contribution in [1.82, 2.24) is 20.3 Å². The van der Waals surface area contributed by atoms with Crippen molar-refractivity contribution in [3.05, 3.63) is 41.2 Å². The Bertz CT molecular complexity index is 620. The predicted molar refractivity (Wildman–Crippen MR) is 78.1 cm³/mol. The minimum absolute atomic E-state index is 0.201. The fourth-order valence-electron chi connectivity index (χ4n) is 1.87. The predicted octanol–water partition coefficient (Wildman–Crippen LogP) is 2.41. The van der Waals surface area contributed by atoms with E-state index in [1.807, 2.05) is 58.9 Å². The first-order valence-electron chi connectivity index (χ1n) is 6.60. The summed E-state index contributed by atoms with van der Waals surface area (Å²) in [7, 11) is 0. The quantitative estimate of drug-likeness (QED) is 0.913. The first-order valence-corrected chi connectivity index (χ1v) is 6.60. The van der Waals surface area contributed by atoms with Crippen LogP contribution in [0.1, 0.15) is 42.5 Å². The Morgan fingerprint density at radius 3 is 2.30 bits per heavy atom. The maximum atomic E-state index is 12.2. The van der Waals surface area contributed by atoms with Crippen LogP contribution in [0, 0.1) is 13.8 Å². The number of hydrogen-bond donors (Lipinski definition) is 1. The van der Waals surface area contributed by atoms with Crippen LogP contribution in [0.3, 0.4) is 0 Å². The summed E-state index contributed by atoms with van der Waals surface area (Å²) >= 11 is 0. The average Bonchev–Trinajstić information content (AvgIpc) is 2.70. The van der Waals surface area contributed by atoms with Crippen LogP contribution in [-0.2, 0) is 0 Å². The van der Waals surface area contributed by atoms with Crippen molar-refractivity contribution in [1.29, 1.82) is 0 Å². The maximum Gasteiger partial charge on any atom is 0.274 e. The van der Waals surface area contributed by atoms with Gasteiger partial charge in [0.05, 0.1) is 11.4 Å². The molecule has 0 saturated heterocycles. The van der Waals surface area contributed by atoms with Crippen LogP contribution in [0.25, 0.3) is 5.69 Å². The molecule has 0 saturated carbocycles. The molecule has 2 rings (SSSR count). The highest BCUT2D eigenvalue weighted by Crippen LogP contribution is 2.13. The van der Waals surface area contributed by atoms with E-state index in [9.17, 15) is 4.79 Å². The van der Waals surface area contributed by atoms with Crippen LogP contribution in [-0.4, -0.2) is 26.4 Å². The lowest BCUT2D eigenvalue weighted by Gasteiger charge is -2.19.